The Bertz CT molecular complexity index is 385. The maximum Gasteiger partial charge on any atom is 0.0612 e. The second-order valence-electron chi connectivity index (χ2n) is 4.97. The fraction of sp³-hybridized carbons (Fsp3) is 0.538. The molecule has 0 aromatic heterocycles. The van der Waals surface area contributed by atoms with Crippen LogP contribution in [0.1, 0.15) is 25.7 Å². The molecule has 3 rings (SSSR count). The highest BCUT2D eigenvalue weighted by Gasteiger charge is 2.41. The van der Waals surface area contributed by atoms with Gasteiger partial charge in [0.2, 0.25) is 0 Å². The highest BCUT2D eigenvalue weighted by molar-refractivity contribution is 6.42. The van der Waals surface area contributed by atoms with Crippen molar-refractivity contribution in [3.63, 3.8) is 0 Å². The summed E-state index contributed by atoms with van der Waals surface area (Å²) < 4.78 is 0. The smallest absolute Gasteiger partial charge is 0.0612 e. The number of halogens is 2. The van der Waals surface area contributed by atoms with Crippen LogP contribution in [0.15, 0.2) is 18.2 Å². The van der Waals surface area contributed by atoms with Crippen LogP contribution in [0.5, 0.6) is 0 Å². The van der Waals surface area contributed by atoms with Gasteiger partial charge in [-0.2, -0.15) is 0 Å². The maximum absolute atomic E-state index is 6.02. The van der Waals surface area contributed by atoms with Gasteiger partial charge in [0.05, 0.1) is 10.0 Å². The van der Waals surface area contributed by atoms with Crippen molar-refractivity contribution in [3.8, 4) is 0 Å². The first kappa shape index (κ1) is 10.7. The minimum absolute atomic E-state index is 0.626. The fourth-order valence-corrected chi connectivity index (χ4v) is 2.61. The molecule has 1 N–H and O–H groups in total. The van der Waals surface area contributed by atoms with Crippen LogP contribution in [-0.2, 0) is 0 Å². The number of hydrogen-bond acceptors (Lipinski definition) is 1. The van der Waals surface area contributed by atoms with Crippen LogP contribution in [0, 0.1) is 11.8 Å². The summed E-state index contributed by atoms with van der Waals surface area (Å²) in [5.41, 5.74) is 1.11. The van der Waals surface area contributed by atoms with Crippen LogP contribution in [-0.4, -0.2) is 6.04 Å². The van der Waals surface area contributed by atoms with E-state index in [0.29, 0.717) is 16.1 Å². The molecule has 0 aliphatic heterocycles. The molecule has 1 nitrogen and oxygen atoms in total. The SMILES string of the molecule is Clc1ccc(NC(C2CC2)C2CC2)cc1Cl. The van der Waals surface area contributed by atoms with Gasteiger partial charge >= 0.3 is 0 Å². The summed E-state index contributed by atoms with van der Waals surface area (Å²) in [6.45, 7) is 0. The molecule has 2 aliphatic rings. The molecule has 0 unspecified atom stereocenters. The third-order valence-corrected chi connectivity index (χ3v) is 4.25. The van der Waals surface area contributed by atoms with Crippen molar-refractivity contribution in [3.05, 3.63) is 28.2 Å². The van der Waals surface area contributed by atoms with Gasteiger partial charge in [-0.25, -0.2) is 0 Å². The lowest BCUT2D eigenvalue weighted by Gasteiger charge is -2.19. The Balaban J connectivity index is 1.73. The fourth-order valence-electron chi connectivity index (χ4n) is 2.31. The molecule has 0 bridgehead atoms. The van der Waals surface area contributed by atoms with Crippen LogP contribution < -0.4 is 5.32 Å². The van der Waals surface area contributed by atoms with E-state index in [1.165, 1.54) is 25.7 Å². The van der Waals surface area contributed by atoms with E-state index in [4.69, 9.17) is 23.2 Å². The average molecular weight is 256 g/mol. The van der Waals surface area contributed by atoms with Crippen molar-refractivity contribution >= 4 is 28.9 Å². The highest BCUT2D eigenvalue weighted by Crippen LogP contribution is 2.46. The van der Waals surface area contributed by atoms with E-state index in [1.54, 1.807) is 0 Å². The van der Waals surface area contributed by atoms with Gasteiger partial charge in [0.15, 0.2) is 0 Å². The summed E-state index contributed by atoms with van der Waals surface area (Å²) in [5, 5.41) is 4.89. The lowest BCUT2D eigenvalue weighted by Crippen LogP contribution is -2.24. The monoisotopic (exact) mass is 255 g/mol. The molecule has 2 saturated carbocycles. The molecular formula is C13H15Cl2N. The molecule has 0 amide bonds. The van der Waals surface area contributed by atoms with Gasteiger partial charge < -0.3 is 5.32 Å². The molecule has 0 spiro atoms. The van der Waals surface area contributed by atoms with Gasteiger partial charge in [0.1, 0.15) is 0 Å². The van der Waals surface area contributed by atoms with Crippen molar-refractivity contribution in [2.75, 3.05) is 5.32 Å². The summed E-state index contributed by atoms with van der Waals surface area (Å²) in [7, 11) is 0. The number of nitrogens with one attached hydrogen (secondary N) is 1. The van der Waals surface area contributed by atoms with Crippen LogP contribution >= 0.6 is 23.2 Å². The van der Waals surface area contributed by atoms with E-state index in [2.05, 4.69) is 5.32 Å². The minimum Gasteiger partial charge on any atom is -0.382 e. The first-order chi connectivity index (χ1) is 7.74. The summed E-state index contributed by atoms with van der Waals surface area (Å²) >= 11 is 11.9. The van der Waals surface area contributed by atoms with E-state index >= 15 is 0 Å². The van der Waals surface area contributed by atoms with Gasteiger partial charge in [-0.1, -0.05) is 23.2 Å². The standard InChI is InChI=1S/C13H15Cl2N/c14-11-6-5-10(7-12(11)15)16-13(8-1-2-8)9-3-4-9/h5-9,13,16H,1-4H2. The van der Waals surface area contributed by atoms with Gasteiger partial charge in [-0.3, -0.25) is 0 Å². The number of rotatable bonds is 4. The van der Waals surface area contributed by atoms with E-state index in [9.17, 15) is 0 Å². The number of anilines is 1. The summed E-state index contributed by atoms with van der Waals surface area (Å²) in [5.74, 6) is 1.78. The molecular weight excluding hydrogens is 241 g/mol. The van der Waals surface area contributed by atoms with Crippen molar-refractivity contribution < 1.29 is 0 Å². The Morgan fingerprint density at radius 2 is 1.62 bits per heavy atom. The highest BCUT2D eigenvalue weighted by atomic mass is 35.5. The predicted octanol–water partition coefficient (Wildman–Crippen LogP) is 4.59. The molecule has 2 fully saturated rings. The topological polar surface area (TPSA) is 12.0 Å². The number of benzene rings is 1. The molecule has 0 saturated heterocycles. The van der Waals surface area contributed by atoms with Gasteiger partial charge in [0.25, 0.3) is 0 Å². The molecule has 1 aromatic carbocycles. The van der Waals surface area contributed by atoms with Gasteiger partial charge in [-0.05, 0) is 55.7 Å². The van der Waals surface area contributed by atoms with Gasteiger partial charge in [0, 0.05) is 11.7 Å². The molecule has 0 radical (unpaired) electrons. The quantitative estimate of drug-likeness (QED) is 0.830. The van der Waals surface area contributed by atoms with Crippen LogP contribution in [0.2, 0.25) is 10.0 Å². The third-order valence-electron chi connectivity index (χ3n) is 3.51. The minimum atomic E-state index is 0.626. The first-order valence-corrected chi connectivity index (χ1v) is 6.71. The van der Waals surface area contributed by atoms with Crippen molar-refractivity contribution in [1.82, 2.24) is 0 Å². The third kappa shape index (κ3) is 2.31. The van der Waals surface area contributed by atoms with E-state index in [-0.39, 0.29) is 0 Å². The second-order valence-corrected chi connectivity index (χ2v) is 5.79. The lowest BCUT2D eigenvalue weighted by molar-refractivity contribution is 0.568. The summed E-state index contributed by atoms with van der Waals surface area (Å²) in [6.07, 6.45) is 5.54. The molecule has 3 heteroatoms. The van der Waals surface area contributed by atoms with Crippen molar-refractivity contribution in [2.45, 2.75) is 31.7 Å². The Hall–Kier alpha value is -0.400. The van der Waals surface area contributed by atoms with E-state index in [0.717, 1.165) is 17.5 Å². The molecule has 0 heterocycles. The van der Waals surface area contributed by atoms with Crippen LogP contribution in [0.4, 0.5) is 5.69 Å². The Morgan fingerprint density at radius 1 is 1.00 bits per heavy atom. The predicted molar refractivity (Wildman–Crippen MR) is 69.3 cm³/mol. The van der Waals surface area contributed by atoms with Crippen molar-refractivity contribution in [2.24, 2.45) is 11.8 Å². The molecule has 86 valence electrons. The summed E-state index contributed by atoms with van der Waals surface area (Å²) in [4.78, 5) is 0. The van der Waals surface area contributed by atoms with Crippen LogP contribution in [0.3, 0.4) is 0 Å². The lowest BCUT2D eigenvalue weighted by atomic mass is 10.1. The largest absolute Gasteiger partial charge is 0.382 e. The van der Waals surface area contributed by atoms with Gasteiger partial charge in [-0.15, -0.1) is 0 Å². The maximum atomic E-state index is 6.02. The Morgan fingerprint density at radius 3 is 2.12 bits per heavy atom. The van der Waals surface area contributed by atoms with E-state index < -0.39 is 0 Å². The average Bonchev–Trinajstić information content (AvgIpc) is 3.14. The van der Waals surface area contributed by atoms with Crippen molar-refractivity contribution in [1.29, 1.82) is 0 Å². The summed E-state index contributed by atoms with van der Waals surface area (Å²) in [6, 6.07) is 6.48. The molecule has 0 atom stereocenters. The van der Waals surface area contributed by atoms with E-state index in [1.807, 2.05) is 18.2 Å². The zero-order chi connectivity index (χ0) is 11.1. The zero-order valence-electron chi connectivity index (χ0n) is 9.05. The second kappa shape index (κ2) is 4.12. The first-order valence-electron chi connectivity index (χ1n) is 5.95. The molecule has 16 heavy (non-hydrogen) atoms. The zero-order valence-corrected chi connectivity index (χ0v) is 10.6. The molecule has 1 aromatic rings. The Labute approximate surface area is 106 Å². The Kier molecular flexibility index (Phi) is 2.76. The number of hydrogen-bond donors (Lipinski definition) is 1. The van der Waals surface area contributed by atoms with Crippen LogP contribution in [0.25, 0.3) is 0 Å². The molecule has 2 aliphatic carbocycles. The normalized spacial score (nSPS) is 20.2.